The van der Waals surface area contributed by atoms with Crippen LogP contribution in [0.3, 0.4) is 0 Å². The smallest absolute Gasteiger partial charge is 0.287 e. The fourth-order valence-electron chi connectivity index (χ4n) is 1.44. The van der Waals surface area contributed by atoms with Gasteiger partial charge < -0.3 is 15.1 Å². The van der Waals surface area contributed by atoms with E-state index >= 15 is 0 Å². The van der Waals surface area contributed by atoms with E-state index in [2.05, 4.69) is 10.6 Å². The Labute approximate surface area is 118 Å². The van der Waals surface area contributed by atoms with Crippen molar-refractivity contribution in [3.8, 4) is 0 Å². The van der Waals surface area contributed by atoms with E-state index in [-0.39, 0.29) is 23.0 Å². The summed E-state index contributed by atoms with van der Waals surface area (Å²) in [6.07, 6.45) is 1.35. The van der Waals surface area contributed by atoms with Crippen LogP contribution in [0.2, 0.25) is 5.02 Å². The van der Waals surface area contributed by atoms with E-state index in [4.69, 9.17) is 16.0 Å². The molecule has 0 saturated heterocycles. The van der Waals surface area contributed by atoms with Crippen LogP contribution < -0.4 is 10.6 Å². The Balaban J connectivity index is 1.88. The van der Waals surface area contributed by atoms with Gasteiger partial charge in [0.1, 0.15) is 5.82 Å². The van der Waals surface area contributed by atoms with E-state index in [0.717, 1.165) is 6.07 Å². The number of amides is 2. The molecule has 0 saturated carbocycles. The lowest BCUT2D eigenvalue weighted by Crippen LogP contribution is -2.32. The third kappa shape index (κ3) is 3.58. The first-order valence-corrected chi connectivity index (χ1v) is 6.00. The van der Waals surface area contributed by atoms with Crippen LogP contribution in [0.4, 0.5) is 10.1 Å². The van der Waals surface area contributed by atoms with Crippen LogP contribution in [0.5, 0.6) is 0 Å². The predicted octanol–water partition coefficient (Wildman–Crippen LogP) is 2.44. The summed E-state index contributed by atoms with van der Waals surface area (Å²) in [6.45, 7) is -0.304. The monoisotopic (exact) mass is 296 g/mol. The molecule has 20 heavy (non-hydrogen) atoms. The van der Waals surface area contributed by atoms with Gasteiger partial charge in [0.25, 0.3) is 5.91 Å². The van der Waals surface area contributed by atoms with Crippen molar-refractivity contribution in [2.24, 2.45) is 0 Å². The van der Waals surface area contributed by atoms with Gasteiger partial charge in [-0.15, -0.1) is 0 Å². The predicted molar refractivity (Wildman–Crippen MR) is 71.1 cm³/mol. The lowest BCUT2D eigenvalue weighted by atomic mass is 10.3. The van der Waals surface area contributed by atoms with E-state index in [0.29, 0.717) is 0 Å². The summed E-state index contributed by atoms with van der Waals surface area (Å²) in [4.78, 5) is 23.1. The van der Waals surface area contributed by atoms with E-state index < -0.39 is 17.6 Å². The van der Waals surface area contributed by atoms with Gasteiger partial charge in [-0.2, -0.15) is 0 Å². The number of halogens is 2. The number of benzene rings is 1. The van der Waals surface area contributed by atoms with Crippen LogP contribution in [0.15, 0.2) is 41.0 Å². The molecule has 1 heterocycles. The minimum Gasteiger partial charge on any atom is -0.459 e. The van der Waals surface area contributed by atoms with Crippen molar-refractivity contribution in [1.29, 1.82) is 0 Å². The highest BCUT2D eigenvalue weighted by Gasteiger charge is 2.11. The molecule has 0 aliphatic carbocycles. The average molecular weight is 297 g/mol. The average Bonchev–Trinajstić information content (AvgIpc) is 2.93. The molecule has 0 fully saturated rings. The number of hydrogen-bond donors (Lipinski definition) is 2. The number of carbonyl (C=O) groups excluding carboxylic acids is 2. The first kappa shape index (κ1) is 14.1. The molecule has 1 aromatic carbocycles. The standard InChI is InChI=1S/C13H10ClFN2O3/c14-8-3-4-10(9(15)6-8)17-12(18)7-16-13(19)11-2-1-5-20-11/h1-6H,7H2,(H,16,19)(H,17,18). The van der Waals surface area contributed by atoms with Gasteiger partial charge >= 0.3 is 0 Å². The maximum absolute atomic E-state index is 13.4. The molecule has 0 spiro atoms. The molecule has 2 N–H and O–H groups in total. The van der Waals surface area contributed by atoms with E-state index in [1.807, 2.05) is 0 Å². The molecule has 2 rings (SSSR count). The zero-order chi connectivity index (χ0) is 14.5. The number of furan rings is 1. The SMILES string of the molecule is O=C(CNC(=O)c1ccco1)Nc1ccc(Cl)cc1F. The van der Waals surface area contributed by atoms with E-state index in [1.165, 1.54) is 24.5 Å². The third-order valence-corrected chi connectivity index (χ3v) is 2.59. The second-order valence-electron chi connectivity index (χ2n) is 3.83. The van der Waals surface area contributed by atoms with Crippen LogP contribution in [-0.2, 0) is 4.79 Å². The quantitative estimate of drug-likeness (QED) is 0.910. The third-order valence-electron chi connectivity index (χ3n) is 2.36. The van der Waals surface area contributed by atoms with Crippen molar-refractivity contribution >= 4 is 29.1 Å². The molecule has 2 amide bonds. The summed E-state index contributed by atoms with van der Waals surface area (Å²) < 4.78 is 18.3. The first-order chi connectivity index (χ1) is 9.56. The normalized spacial score (nSPS) is 10.1. The van der Waals surface area contributed by atoms with Crippen molar-refractivity contribution in [3.63, 3.8) is 0 Å². The molecule has 0 aliphatic rings. The molecule has 7 heteroatoms. The van der Waals surface area contributed by atoms with Crippen molar-refractivity contribution in [1.82, 2.24) is 5.32 Å². The summed E-state index contributed by atoms with van der Waals surface area (Å²) in [5.74, 6) is -1.65. The van der Waals surface area contributed by atoms with E-state index in [9.17, 15) is 14.0 Å². The van der Waals surface area contributed by atoms with Gasteiger partial charge in [-0.3, -0.25) is 9.59 Å². The summed E-state index contributed by atoms with van der Waals surface area (Å²) in [5.41, 5.74) is -0.00773. The molecule has 0 radical (unpaired) electrons. The maximum atomic E-state index is 13.4. The largest absolute Gasteiger partial charge is 0.459 e. The molecular formula is C13H10ClFN2O3. The zero-order valence-corrected chi connectivity index (χ0v) is 10.9. The molecular weight excluding hydrogens is 287 g/mol. The zero-order valence-electron chi connectivity index (χ0n) is 10.2. The molecule has 1 aromatic heterocycles. The number of carbonyl (C=O) groups is 2. The second-order valence-corrected chi connectivity index (χ2v) is 4.27. The highest BCUT2D eigenvalue weighted by Crippen LogP contribution is 2.18. The number of anilines is 1. The summed E-state index contributed by atoms with van der Waals surface area (Å²) >= 11 is 5.59. The Morgan fingerprint density at radius 2 is 2.10 bits per heavy atom. The maximum Gasteiger partial charge on any atom is 0.287 e. The summed E-state index contributed by atoms with van der Waals surface area (Å²) in [7, 11) is 0. The number of rotatable bonds is 4. The van der Waals surface area contributed by atoms with Gasteiger partial charge in [0.05, 0.1) is 18.5 Å². The molecule has 104 valence electrons. The fraction of sp³-hybridized carbons (Fsp3) is 0.0769. The van der Waals surface area contributed by atoms with Gasteiger partial charge in [-0.05, 0) is 30.3 Å². The van der Waals surface area contributed by atoms with Crippen molar-refractivity contribution in [3.05, 3.63) is 53.2 Å². The molecule has 0 aliphatic heterocycles. The molecule has 0 unspecified atom stereocenters. The topological polar surface area (TPSA) is 71.3 Å². The summed E-state index contributed by atoms with van der Waals surface area (Å²) in [5, 5.41) is 4.89. The molecule has 2 aromatic rings. The minimum atomic E-state index is -0.650. The Hall–Kier alpha value is -2.34. The number of nitrogens with one attached hydrogen (secondary N) is 2. The van der Waals surface area contributed by atoms with Crippen LogP contribution in [0, 0.1) is 5.82 Å². The van der Waals surface area contributed by atoms with Crippen molar-refractivity contribution in [2.45, 2.75) is 0 Å². The van der Waals surface area contributed by atoms with Crippen molar-refractivity contribution < 1.29 is 18.4 Å². The molecule has 0 bridgehead atoms. The van der Waals surface area contributed by atoms with Gasteiger partial charge in [0.15, 0.2) is 5.76 Å². The highest BCUT2D eigenvalue weighted by atomic mass is 35.5. The van der Waals surface area contributed by atoms with Gasteiger partial charge in [0.2, 0.25) is 5.91 Å². The Kier molecular flexibility index (Phi) is 4.37. The van der Waals surface area contributed by atoms with Gasteiger partial charge in [-0.1, -0.05) is 11.6 Å². The Morgan fingerprint density at radius 1 is 1.30 bits per heavy atom. The van der Waals surface area contributed by atoms with E-state index in [1.54, 1.807) is 6.07 Å². The highest BCUT2D eigenvalue weighted by molar-refractivity contribution is 6.30. The lowest BCUT2D eigenvalue weighted by molar-refractivity contribution is -0.115. The second kappa shape index (κ2) is 6.21. The first-order valence-electron chi connectivity index (χ1n) is 5.63. The minimum absolute atomic E-state index is 0.00773. The molecule has 5 nitrogen and oxygen atoms in total. The van der Waals surface area contributed by atoms with Crippen molar-refractivity contribution in [2.75, 3.05) is 11.9 Å². The lowest BCUT2D eigenvalue weighted by Gasteiger charge is -2.07. The molecule has 0 atom stereocenters. The summed E-state index contributed by atoms with van der Waals surface area (Å²) in [6, 6.07) is 6.88. The van der Waals surface area contributed by atoms with Crippen LogP contribution in [0.25, 0.3) is 0 Å². The number of hydrogen-bond acceptors (Lipinski definition) is 3. The van der Waals surface area contributed by atoms with Crippen LogP contribution in [-0.4, -0.2) is 18.4 Å². The fourth-order valence-corrected chi connectivity index (χ4v) is 1.60. The van der Waals surface area contributed by atoms with Gasteiger partial charge in [-0.25, -0.2) is 4.39 Å². The van der Waals surface area contributed by atoms with Crippen LogP contribution >= 0.6 is 11.6 Å². The Bertz CT molecular complexity index is 629. The van der Waals surface area contributed by atoms with Gasteiger partial charge in [0, 0.05) is 5.02 Å². The Morgan fingerprint density at radius 3 is 2.75 bits per heavy atom. The van der Waals surface area contributed by atoms with Crippen LogP contribution in [0.1, 0.15) is 10.6 Å².